The maximum atomic E-state index is 12.0. The first-order chi connectivity index (χ1) is 12.2. The van der Waals surface area contributed by atoms with Gasteiger partial charge in [-0.2, -0.15) is 10.2 Å². The lowest BCUT2D eigenvalue weighted by atomic mass is 10.3. The van der Waals surface area contributed by atoms with Gasteiger partial charge in [0.15, 0.2) is 5.11 Å². The maximum Gasteiger partial charge on any atom is 0.259 e. The van der Waals surface area contributed by atoms with Crippen LogP contribution in [0.4, 0.5) is 5.69 Å². The Hall–Kier alpha value is -3.32. The minimum atomic E-state index is -0.357. The van der Waals surface area contributed by atoms with E-state index >= 15 is 0 Å². The van der Waals surface area contributed by atoms with Crippen molar-refractivity contribution in [2.24, 2.45) is 0 Å². The SMILES string of the molecule is O=C(NC(=S)Nc1cccc(Oc2ccccc2)c1)c1ccnnc1. The summed E-state index contributed by atoms with van der Waals surface area (Å²) >= 11 is 5.17. The molecule has 7 heteroatoms. The number of rotatable bonds is 4. The third-order valence-electron chi connectivity index (χ3n) is 3.14. The summed E-state index contributed by atoms with van der Waals surface area (Å²) in [5.41, 5.74) is 1.08. The zero-order chi connectivity index (χ0) is 17.5. The molecule has 1 heterocycles. The van der Waals surface area contributed by atoms with E-state index in [4.69, 9.17) is 17.0 Å². The van der Waals surface area contributed by atoms with Gasteiger partial charge in [-0.1, -0.05) is 24.3 Å². The van der Waals surface area contributed by atoms with Crippen LogP contribution in [-0.2, 0) is 0 Å². The number of carbonyl (C=O) groups is 1. The predicted octanol–water partition coefficient (Wildman–Crippen LogP) is 3.40. The van der Waals surface area contributed by atoms with Gasteiger partial charge in [-0.25, -0.2) is 0 Å². The Morgan fingerprint density at radius 3 is 2.52 bits per heavy atom. The Labute approximate surface area is 149 Å². The number of benzene rings is 2. The van der Waals surface area contributed by atoms with E-state index in [9.17, 15) is 4.79 Å². The van der Waals surface area contributed by atoms with Crippen molar-refractivity contribution in [1.82, 2.24) is 15.5 Å². The van der Waals surface area contributed by atoms with Crippen molar-refractivity contribution in [3.8, 4) is 11.5 Å². The molecule has 0 aliphatic heterocycles. The lowest BCUT2D eigenvalue weighted by molar-refractivity contribution is 0.0977. The first-order valence-corrected chi connectivity index (χ1v) is 7.83. The van der Waals surface area contributed by atoms with Crippen LogP contribution >= 0.6 is 12.2 Å². The minimum Gasteiger partial charge on any atom is -0.457 e. The van der Waals surface area contributed by atoms with Crippen LogP contribution in [0.15, 0.2) is 73.1 Å². The molecular formula is C18H14N4O2S. The molecule has 2 aromatic carbocycles. The van der Waals surface area contributed by atoms with Crippen LogP contribution in [0.1, 0.15) is 10.4 Å². The molecule has 0 aliphatic carbocycles. The number of thiocarbonyl (C=S) groups is 1. The predicted molar refractivity (Wildman–Crippen MR) is 98.7 cm³/mol. The lowest BCUT2D eigenvalue weighted by Gasteiger charge is -2.11. The number of aromatic nitrogens is 2. The van der Waals surface area contributed by atoms with Crippen molar-refractivity contribution in [3.05, 3.63) is 78.6 Å². The van der Waals surface area contributed by atoms with E-state index in [1.807, 2.05) is 48.5 Å². The standard InChI is InChI=1S/C18H14N4O2S/c23-17(13-9-10-19-20-12-13)22-18(25)21-14-5-4-8-16(11-14)24-15-6-2-1-3-7-15/h1-12H,(H2,21,22,23,25). The number of anilines is 1. The second-order valence-electron chi connectivity index (χ2n) is 4.98. The highest BCUT2D eigenvalue weighted by molar-refractivity contribution is 7.80. The zero-order valence-corrected chi connectivity index (χ0v) is 13.9. The van der Waals surface area contributed by atoms with E-state index in [1.54, 1.807) is 12.1 Å². The molecule has 0 spiro atoms. The molecule has 3 aromatic rings. The first-order valence-electron chi connectivity index (χ1n) is 7.43. The van der Waals surface area contributed by atoms with Gasteiger partial charge in [-0.15, -0.1) is 0 Å². The van der Waals surface area contributed by atoms with Crippen molar-refractivity contribution in [3.63, 3.8) is 0 Å². The van der Waals surface area contributed by atoms with Gasteiger partial charge in [0.05, 0.1) is 18.0 Å². The Kier molecular flexibility index (Phi) is 5.28. The van der Waals surface area contributed by atoms with Gasteiger partial charge < -0.3 is 10.1 Å². The molecule has 124 valence electrons. The third-order valence-corrected chi connectivity index (χ3v) is 3.35. The van der Waals surface area contributed by atoms with E-state index in [1.165, 1.54) is 12.4 Å². The molecule has 0 aliphatic rings. The Balaban J connectivity index is 1.62. The number of nitrogens with one attached hydrogen (secondary N) is 2. The summed E-state index contributed by atoms with van der Waals surface area (Å²) < 4.78 is 5.77. The van der Waals surface area contributed by atoms with E-state index in [0.717, 1.165) is 5.75 Å². The summed E-state index contributed by atoms with van der Waals surface area (Å²) in [4.78, 5) is 12.0. The highest BCUT2D eigenvalue weighted by Gasteiger charge is 2.08. The fraction of sp³-hybridized carbons (Fsp3) is 0. The smallest absolute Gasteiger partial charge is 0.259 e. The molecule has 3 rings (SSSR count). The van der Waals surface area contributed by atoms with Gasteiger partial charge >= 0.3 is 0 Å². The Morgan fingerprint density at radius 1 is 0.960 bits per heavy atom. The number of carbonyl (C=O) groups excluding carboxylic acids is 1. The molecule has 1 aromatic heterocycles. The second kappa shape index (κ2) is 7.98. The largest absolute Gasteiger partial charge is 0.457 e. The molecule has 0 fully saturated rings. The van der Waals surface area contributed by atoms with Gasteiger partial charge in [0, 0.05) is 11.8 Å². The highest BCUT2D eigenvalue weighted by atomic mass is 32.1. The van der Waals surface area contributed by atoms with E-state index in [2.05, 4.69) is 20.8 Å². The topological polar surface area (TPSA) is 76.1 Å². The fourth-order valence-corrected chi connectivity index (χ4v) is 2.24. The van der Waals surface area contributed by atoms with Crippen LogP contribution in [0.3, 0.4) is 0 Å². The van der Waals surface area contributed by atoms with Gasteiger partial charge in [0.25, 0.3) is 5.91 Å². The molecule has 0 saturated carbocycles. The van der Waals surface area contributed by atoms with E-state index in [0.29, 0.717) is 17.0 Å². The van der Waals surface area contributed by atoms with Crippen molar-refractivity contribution >= 4 is 28.9 Å². The van der Waals surface area contributed by atoms with Gasteiger partial charge in [0.2, 0.25) is 0 Å². The van der Waals surface area contributed by atoms with Crippen LogP contribution in [0.25, 0.3) is 0 Å². The molecule has 0 radical (unpaired) electrons. The quantitative estimate of drug-likeness (QED) is 0.703. The van der Waals surface area contributed by atoms with E-state index in [-0.39, 0.29) is 11.0 Å². The van der Waals surface area contributed by atoms with Crippen molar-refractivity contribution in [1.29, 1.82) is 0 Å². The number of amides is 1. The monoisotopic (exact) mass is 350 g/mol. The molecular weight excluding hydrogens is 336 g/mol. The minimum absolute atomic E-state index is 0.179. The molecule has 0 atom stereocenters. The third kappa shape index (κ3) is 4.82. The summed E-state index contributed by atoms with van der Waals surface area (Å²) in [7, 11) is 0. The first kappa shape index (κ1) is 16.5. The average molecular weight is 350 g/mol. The van der Waals surface area contributed by atoms with Crippen LogP contribution in [0.2, 0.25) is 0 Å². The molecule has 6 nitrogen and oxygen atoms in total. The van der Waals surface area contributed by atoms with Gasteiger partial charge in [-0.05, 0) is 42.5 Å². The summed E-state index contributed by atoms with van der Waals surface area (Å²) in [6.07, 6.45) is 2.81. The summed E-state index contributed by atoms with van der Waals surface area (Å²) in [6.45, 7) is 0. The van der Waals surface area contributed by atoms with Crippen LogP contribution in [0.5, 0.6) is 11.5 Å². The number of nitrogens with zero attached hydrogens (tertiary/aromatic N) is 2. The molecule has 0 unspecified atom stereocenters. The number of hydrogen-bond donors (Lipinski definition) is 2. The summed E-state index contributed by atoms with van der Waals surface area (Å²) in [6, 6.07) is 18.3. The molecule has 0 bridgehead atoms. The highest BCUT2D eigenvalue weighted by Crippen LogP contribution is 2.23. The van der Waals surface area contributed by atoms with Crippen LogP contribution in [-0.4, -0.2) is 21.2 Å². The molecule has 1 amide bonds. The van der Waals surface area contributed by atoms with Crippen molar-refractivity contribution in [2.75, 3.05) is 5.32 Å². The van der Waals surface area contributed by atoms with Crippen molar-refractivity contribution in [2.45, 2.75) is 0 Å². The summed E-state index contributed by atoms with van der Waals surface area (Å²) in [5.74, 6) is 1.04. The molecule has 0 saturated heterocycles. The normalized spacial score (nSPS) is 9.92. The molecule has 2 N–H and O–H groups in total. The Bertz CT molecular complexity index is 873. The van der Waals surface area contributed by atoms with Gasteiger partial charge in [-0.3, -0.25) is 10.1 Å². The number of ether oxygens (including phenoxy) is 1. The van der Waals surface area contributed by atoms with E-state index < -0.39 is 0 Å². The van der Waals surface area contributed by atoms with Gasteiger partial charge in [0.1, 0.15) is 11.5 Å². The summed E-state index contributed by atoms with van der Waals surface area (Å²) in [5, 5.41) is 13.0. The Morgan fingerprint density at radius 2 is 1.76 bits per heavy atom. The average Bonchev–Trinajstić information content (AvgIpc) is 2.63. The molecule has 25 heavy (non-hydrogen) atoms. The lowest BCUT2D eigenvalue weighted by Crippen LogP contribution is -2.34. The number of para-hydroxylation sites is 1. The fourth-order valence-electron chi connectivity index (χ4n) is 2.02. The maximum absolute atomic E-state index is 12.0. The zero-order valence-electron chi connectivity index (χ0n) is 13.0. The van der Waals surface area contributed by atoms with Crippen molar-refractivity contribution < 1.29 is 9.53 Å². The van der Waals surface area contributed by atoms with Crippen LogP contribution in [0, 0.1) is 0 Å². The second-order valence-corrected chi connectivity index (χ2v) is 5.39. The van der Waals surface area contributed by atoms with Crippen LogP contribution < -0.4 is 15.4 Å². The number of hydrogen-bond acceptors (Lipinski definition) is 5.